The Morgan fingerprint density at radius 3 is 2.54 bits per heavy atom. The molecule has 6 nitrogen and oxygen atoms in total. The van der Waals surface area contributed by atoms with E-state index in [1.807, 2.05) is 27.7 Å². The predicted molar refractivity (Wildman–Crippen MR) is 89.7 cm³/mol. The number of carbonyl (C=O) groups is 2. The lowest BCUT2D eigenvalue weighted by atomic mass is 10.2. The number of oxazole rings is 1. The highest BCUT2D eigenvalue weighted by Crippen LogP contribution is 2.30. The zero-order valence-electron chi connectivity index (χ0n) is 15.3. The van der Waals surface area contributed by atoms with E-state index in [-0.39, 0.29) is 18.2 Å². The normalized spacial score (nSPS) is 14.5. The number of ether oxygens (including phenoxy) is 1. The monoisotopic (exact) mass is 336 g/mol. The molecule has 1 aromatic rings. The van der Waals surface area contributed by atoms with E-state index in [0.717, 1.165) is 19.3 Å². The highest BCUT2D eigenvalue weighted by atomic mass is 16.6. The Kier molecular flexibility index (Phi) is 5.67. The molecule has 0 aliphatic heterocycles. The molecule has 24 heavy (non-hydrogen) atoms. The van der Waals surface area contributed by atoms with Gasteiger partial charge in [-0.05, 0) is 52.9 Å². The molecule has 1 aromatic heterocycles. The minimum atomic E-state index is -0.568. The van der Waals surface area contributed by atoms with Gasteiger partial charge in [0.15, 0.2) is 5.89 Å². The Bertz CT molecular complexity index is 597. The van der Waals surface area contributed by atoms with Crippen LogP contribution >= 0.6 is 0 Å². The van der Waals surface area contributed by atoms with Crippen LogP contribution in [0.25, 0.3) is 0 Å². The summed E-state index contributed by atoms with van der Waals surface area (Å²) in [5.41, 5.74) is 0.00963. The summed E-state index contributed by atoms with van der Waals surface area (Å²) in [6.45, 7) is 9.74. The minimum Gasteiger partial charge on any atom is -0.459 e. The topological polar surface area (TPSA) is 72.6 Å². The van der Waals surface area contributed by atoms with Crippen molar-refractivity contribution in [3.63, 3.8) is 0 Å². The molecule has 0 atom stereocenters. The minimum absolute atomic E-state index is 0.0597. The van der Waals surface area contributed by atoms with Crippen LogP contribution in [-0.4, -0.2) is 40.5 Å². The van der Waals surface area contributed by atoms with E-state index < -0.39 is 11.6 Å². The summed E-state index contributed by atoms with van der Waals surface area (Å²) in [5, 5.41) is 0. The van der Waals surface area contributed by atoms with Gasteiger partial charge in [0, 0.05) is 13.0 Å². The third-order valence-electron chi connectivity index (χ3n) is 3.70. The van der Waals surface area contributed by atoms with Crippen LogP contribution in [0, 0.1) is 12.8 Å². The number of aryl methyl sites for hydroxylation is 2. The zero-order chi connectivity index (χ0) is 17.9. The first-order chi connectivity index (χ1) is 11.2. The van der Waals surface area contributed by atoms with E-state index in [0.29, 0.717) is 30.5 Å². The molecule has 6 heteroatoms. The first kappa shape index (κ1) is 18.5. The molecular weight excluding hydrogens is 308 g/mol. The average Bonchev–Trinajstić information content (AvgIpc) is 3.18. The quantitative estimate of drug-likeness (QED) is 0.715. The van der Waals surface area contributed by atoms with Gasteiger partial charge in [0.2, 0.25) is 5.76 Å². The van der Waals surface area contributed by atoms with E-state index in [1.54, 1.807) is 6.92 Å². The van der Waals surface area contributed by atoms with E-state index in [4.69, 9.17) is 9.15 Å². The maximum absolute atomic E-state index is 12.8. The van der Waals surface area contributed by atoms with E-state index in [2.05, 4.69) is 4.98 Å². The Morgan fingerprint density at radius 1 is 1.33 bits per heavy atom. The summed E-state index contributed by atoms with van der Waals surface area (Å²) >= 11 is 0. The summed E-state index contributed by atoms with van der Waals surface area (Å²) in [7, 11) is 0. The second-order valence-corrected chi connectivity index (χ2v) is 7.49. The molecule has 1 heterocycles. The van der Waals surface area contributed by atoms with Gasteiger partial charge in [-0.15, -0.1) is 0 Å². The summed E-state index contributed by atoms with van der Waals surface area (Å²) in [6.07, 6.45) is 3.78. The lowest BCUT2D eigenvalue weighted by molar-refractivity contribution is -0.155. The molecule has 0 spiro atoms. The highest BCUT2D eigenvalue weighted by molar-refractivity contribution is 5.94. The van der Waals surface area contributed by atoms with E-state index in [1.165, 1.54) is 4.90 Å². The number of carbonyl (C=O) groups excluding carboxylic acids is 2. The van der Waals surface area contributed by atoms with Crippen molar-refractivity contribution in [2.75, 3.05) is 13.1 Å². The summed E-state index contributed by atoms with van der Waals surface area (Å²) in [6, 6.07) is 0. The molecular formula is C18H28N2O4. The van der Waals surface area contributed by atoms with Crippen LogP contribution < -0.4 is 0 Å². The van der Waals surface area contributed by atoms with E-state index >= 15 is 0 Å². The van der Waals surface area contributed by atoms with Gasteiger partial charge < -0.3 is 14.1 Å². The van der Waals surface area contributed by atoms with Gasteiger partial charge in [-0.25, -0.2) is 4.98 Å². The third-order valence-corrected chi connectivity index (χ3v) is 3.70. The zero-order valence-corrected chi connectivity index (χ0v) is 15.3. The van der Waals surface area contributed by atoms with Gasteiger partial charge in [0.25, 0.3) is 5.91 Å². The molecule has 0 aromatic carbocycles. The fraction of sp³-hybridized carbons (Fsp3) is 0.722. The fourth-order valence-electron chi connectivity index (χ4n) is 2.48. The smallest absolute Gasteiger partial charge is 0.326 e. The maximum atomic E-state index is 12.8. The number of esters is 1. The number of hydrogen-bond donors (Lipinski definition) is 0. The average molecular weight is 336 g/mol. The third kappa shape index (κ3) is 5.35. The first-order valence-electron chi connectivity index (χ1n) is 8.67. The second-order valence-electron chi connectivity index (χ2n) is 7.49. The summed E-state index contributed by atoms with van der Waals surface area (Å²) in [5.74, 6) is 0.599. The Balaban J connectivity index is 2.11. The van der Waals surface area contributed by atoms with Crippen LogP contribution in [0.5, 0.6) is 0 Å². The molecule has 0 bridgehead atoms. The van der Waals surface area contributed by atoms with Crippen molar-refractivity contribution in [2.45, 2.75) is 65.9 Å². The first-order valence-corrected chi connectivity index (χ1v) is 8.67. The van der Waals surface area contributed by atoms with Crippen molar-refractivity contribution >= 4 is 11.9 Å². The molecule has 0 radical (unpaired) electrons. The molecule has 1 saturated carbocycles. The van der Waals surface area contributed by atoms with E-state index in [9.17, 15) is 9.59 Å². The van der Waals surface area contributed by atoms with Gasteiger partial charge >= 0.3 is 5.97 Å². The van der Waals surface area contributed by atoms with Crippen LogP contribution in [0.3, 0.4) is 0 Å². The van der Waals surface area contributed by atoms with Gasteiger partial charge in [-0.1, -0.05) is 6.92 Å². The van der Waals surface area contributed by atoms with Crippen molar-refractivity contribution in [3.05, 3.63) is 17.3 Å². The predicted octanol–water partition coefficient (Wildman–Crippen LogP) is 3.13. The molecule has 1 aliphatic carbocycles. The van der Waals surface area contributed by atoms with Crippen molar-refractivity contribution < 1.29 is 18.7 Å². The molecule has 1 fully saturated rings. The number of nitrogens with zero attached hydrogens (tertiary/aromatic N) is 2. The van der Waals surface area contributed by atoms with Crippen molar-refractivity contribution in [1.82, 2.24) is 9.88 Å². The Labute approximate surface area is 143 Å². The van der Waals surface area contributed by atoms with Gasteiger partial charge in [0.05, 0.1) is 5.69 Å². The molecule has 0 saturated heterocycles. The van der Waals surface area contributed by atoms with Crippen LogP contribution in [0.1, 0.15) is 69.1 Å². The number of hydrogen-bond acceptors (Lipinski definition) is 5. The molecule has 2 rings (SSSR count). The second kappa shape index (κ2) is 7.36. The van der Waals surface area contributed by atoms with Crippen LogP contribution in [0.15, 0.2) is 4.42 Å². The lowest BCUT2D eigenvalue weighted by Gasteiger charge is -2.24. The molecule has 0 N–H and O–H groups in total. The van der Waals surface area contributed by atoms with Crippen LogP contribution in [0.4, 0.5) is 0 Å². The van der Waals surface area contributed by atoms with Gasteiger partial charge in [-0.3, -0.25) is 9.59 Å². The molecule has 134 valence electrons. The standard InChI is InChI=1S/C18H28N2O4/c1-6-7-14-19-12(2)16(23-14)17(22)20(10-13-8-9-13)11-15(21)24-18(3,4)5/h13H,6-11H2,1-5H3. The Morgan fingerprint density at radius 2 is 2.00 bits per heavy atom. The number of aromatic nitrogens is 1. The number of amides is 1. The van der Waals surface area contributed by atoms with Crippen molar-refractivity contribution in [2.24, 2.45) is 5.92 Å². The summed E-state index contributed by atoms with van der Waals surface area (Å²) in [4.78, 5) is 30.8. The largest absolute Gasteiger partial charge is 0.459 e. The Hall–Kier alpha value is -1.85. The van der Waals surface area contributed by atoms with Crippen molar-refractivity contribution in [1.29, 1.82) is 0 Å². The lowest BCUT2D eigenvalue weighted by Crippen LogP contribution is -2.40. The van der Waals surface area contributed by atoms with Gasteiger partial charge in [-0.2, -0.15) is 0 Å². The van der Waals surface area contributed by atoms with Crippen LogP contribution in [-0.2, 0) is 16.0 Å². The van der Waals surface area contributed by atoms with Gasteiger partial charge in [0.1, 0.15) is 12.1 Å². The molecule has 0 unspecified atom stereocenters. The highest BCUT2D eigenvalue weighted by Gasteiger charge is 2.32. The SMILES string of the molecule is CCCc1nc(C)c(C(=O)N(CC(=O)OC(C)(C)C)CC2CC2)o1. The molecule has 1 aliphatic rings. The van der Waals surface area contributed by atoms with Crippen LogP contribution in [0.2, 0.25) is 0 Å². The number of rotatable bonds is 7. The maximum Gasteiger partial charge on any atom is 0.326 e. The summed E-state index contributed by atoms with van der Waals surface area (Å²) < 4.78 is 11.0. The molecule has 1 amide bonds. The fourth-order valence-corrected chi connectivity index (χ4v) is 2.48. The van der Waals surface area contributed by atoms with Crippen molar-refractivity contribution in [3.8, 4) is 0 Å².